The molecule has 0 atom stereocenters. The summed E-state index contributed by atoms with van der Waals surface area (Å²) in [6, 6.07) is 9.81. The van der Waals surface area contributed by atoms with Crippen molar-refractivity contribution in [2.45, 2.75) is 24.7 Å². The molecule has 0 bridgehead atoms. The van der Waals surface area contributed by atoms with Gasteiger partial charge in [-0.15, -0.1) is 12.4 Å². The van der Waals surface area contributed by atoms with E-state index in [1.807, 2.05) is 24.0 Å². The maximum absolute atomic E-state index is 13.1. The van der Waals surface area contributed by atoms with Crippen molar-refractivity contribution in [2.75, 3.05) is 18.4 Å². The predicted molar refractivity (Wildman–Crippen MR) is 118 cm³/mol. The lowest BCUT2D eigenvalue weighted by Crippen LogP contribution is -2.28. The minimum Gasteiger partial charge on any atom is -0.354 e. The molecule has 0 unspecified atom stereocenters. The van der Waals surface area contributed by atoms with Crippen molar-refractivity contribution in [3.63, 3.8) is 0 Å². The lowest BCUT2D eigenvalue weighted by atomic mass is 10.1. The number of nitrogens with two attached hydrogens (primary N) is 1. The molecule has 158 valence electrons. The molecular formula is C20H22ClN5O3S. The number of fused-ring (bicyclic) bond motifs is 1. The van der Waals surface area contributed by atoms with Crippen LogP contribution in [0.3, 0.4) is 0 Å². The van der Waals surface area contributed by atoms with Crippen LogP contribution in [0.4, 0.5) is 11.4 Å². The number of hydrogen-bond acceptors (Lipinski definition) is 6. The van der Waals surface area contributed by atoms with Gasteiger partial charge in [0.15, 0.2) is 5.65 Å². The highest BCUT2D eigenvalue weighted by Crippen LogP contribution is 2.30. The van der Waals surface area contributed by atoms with Crippen LogP contribution >= 0.6 is 12.4 Å². The molecule has 3 aromatic rings. The van der Waals surface area contributed by atoms with E-state index in [-0.39, 0.29) is 23.2 Å². The number of nitrogens with zero attached hydrogens (tertiary/aromatic N) is 3. The Hall–Kier alpha value is -2.75. The summed E-state index contributed by atoms with van der Waals surface area (Å²) in [5.74, 6) is -0.0823. The Labute approximate surface area is 181 Å². The number of nitrogens with one attached hydrogen (secondary N) is 1. The number of benzene rings is 1. The van der Waals surface area contributed by atoms with Gasteiger partial charge in [0.25, 0.3) is 5.91 Å². The number of amides is 1. The van der Waals surface area contributed by atoms with E-state index in [1.54, 1.807) is 18.3 Å². The van der Waals surface area contributed by atoms with Gasteiger partial charge in [-0.3, -0.25) is 4.79 Å². The van der Waals surface area contributed by atoms with Gasteiger partial charge in [0.2, 0.25) is 10.0 Å². The summed E-state index contributed by atoms with van der Waals surface area (Å²) in [4.78, 5) is 23.8. The van der Waals surface area contributed by atoms with Crippen LogP contribution < -0.4 is 10.5 Å². The average Bonchev–Trinajstić information content (AvgIpc) is 3.22. The number of carbonyl (C=O) groups excluding carboxylic acids is 1. The second kappa shape index (κ2) is 8.55. The van der Waals surface area contributed by atoms with Crippen molar-refractivity contribution in [2.24, 2.45) is 5.14 Å². The molecule has 1 amide bonds. The summed E-state index contributed by atoms with van der Waals surface area (Å²) in [5.41, 5.74) is 3.04. The lowest BCUT2D eigenvalue weighted by molar-refractivity contribution is 0.0793. The molecule has 1 aliphatic rings. The molecule has 1 fully saturated rings. The molecule has 1 aliphatic heterocycles. The molecule has 8 nitrogen and oxygen atoms in total. The minimum absolute atomic E-state index is 0. The largest absolute Gasteiger partial charge is 0.354 e. The van der Waals surface area contributed by atoms with Crippen molar-refractivity contribution in [1.29, 1.82) is 0 Å². The van der Waals surface area contributed by atoms with Gasteiger partial charge in [0, 0.05) is 36.1 Å². The predicted octanol–water partition coefficient (Wildman–Crippen LogP) is 2.99. The summed E-state index contributed by atoms with van der Waals surface area (Å²) in [5, 5.41) is 9.14. The molecule has 0 radical (unpaired) electrons. The lowest BCUT2D eigenvalue weighted by Gasteiger charge is -2.19. The molecule has 0 saturated carbocycles. The van der Waals surface area contributed by atoms with Crippen LogP contribution in [0.1, 0.15) is 28.9 Å². The number of carbonyl (C=O) groups is 1. The van der Waals surface area contributed by atoms with Crippen molar-refractivity contribution < 1.29 is 13.2 Å². The van der Waals surface area contributed by atoms with E-state index < -0.39 is 10.0 Å². The number of aryl methyl sites for hydroxylation is 1. The Kier molecular flexibility index (Phi) is 6.25. The number of rotatable bonds is 4. The summed E-state index contributed by atoms with van der Waals surface area (Å²) < 4.78 is 23.0. The highest BCUT2D eigenvalue weighted by atomic mass is 35.5. The number of pyridine rings is 2. The molecule has 0 aliphatic carbocycles. The van der Waals surface area contributed by atoms with Crippen LogP contribution in [0.5, 0.6) is 0 Å². The number of anilines is 2. The third kappa shape index (κ3) is 4.38. The van der Waals surface area contributed by atoms with Crippen molar-refractivity contribution in [3.05, 3.63) is 53.9 Å². The highest BCUT2D eigenvalue weighted by molar-refractivity contribution is 7.89. The highest BCUT2D eigenvalue weighted by Gasteiger charge is 2.24. The van der Waals surface area contributed by atoms with Gasteiger partial charge < -0.3 is 10.2 Å². The average molecular weight is 448 g/mol. The van der Waals surface area contributed by atoms with Crippen LogP contribution in [0, 0.1) is 6.92 Å². The second-order valence-corrected chi connectivity index (χ2v) is 8.63. The monoisotopic (exact) mass is 447 g/mol. The maximum Gasteiger partial charge on any atom is 0.257 e. The fourth-order valence-corrected chi connectivity index (χ4v) is 3.95. The number of primary sulfonamides is 1. The van der Waals surface area contributed by atoms with Gasteiger partial charge in [0.05, 0.1) is 16.1 Å². The van der Waals surface area contributed by atoms with Crippen LogP contribution in [-0.2, 0) is 10.0 Å². The standard InChI is InChI=1S/C20H21N5O3S.ClH/c1-13-4-9-16-18(24-14-5-7-15(8-6-14)29(21,27)28)17(12-22-19(16)23-13)20(26)25-10-2-3-11-25;/h4-9,12H,2-3,10-11H2,1H3,(H2,21,27,28)(H,22,23,24);1H. The van der Waals surface area contributed by atoms with Crippen molar-refractivity contribution in [3.8, 4) is 0 Å². The zero-order valence-corrected chi connectivity index (χ0v) is 18.0. The third-order valence-corrected chi connectivity index (χ3v) is 5.87. The first-order valence-electron chi connectivity index (χ1n) is 9.28. The Morgan fingerprint density at radius 2 is 1.77 bits per heavy atom. The maximum atomic E-state index is 13.1. The van der Waals surface area contributed by atoms with E-state index in [0.717, 1.165) is 37.0 Å². The number of aromatic nitrogens is 2. The molecule has 30 heavy (non-hydrogen) atoms. The number of likely N-dealkylation sites (tertiary alicyclic amines) is 1. The molecule has 2 aromatic heterocycles. The Morgan fingerprint density at radius 1 is 1.10 bits per heavy atom. The van der Waals surface area contributed by atoms with Crippen LogP contribution in [0.15, 0.2) is 47.5 Å². The quantitative estimate of drug-likeness (QED) is 0.634. The molecule has 4 rings (SSSR count). The van der Waals surface area contributed by atoms with E-state index in [4.69, 9.17) is 5.14 Å². The summed E-state index contributed by atoms with van der Waals surface area (Å²) in [7, 11) is -3.77. The van der Waals surface area contributed by atoms with E-state index >= 15 is 0 Å². The number of hydrogen-bond donors (Lipinski definition) is 2. The number of sulfonamides is 1. The molecule has 3 heterocycles. The summed E-state index contributed by atoms with van der Waals surface area (Å²) >= 11 is 0. The van der Waals surface area contributed by atoms with Crippen molar-refractivity contribution >= 4 is 50.7 Å². The number of halogens is 1. The Balaban J connectivity index is 0.00000256. The van der Waals surface area contributed by atoms with E-state index in [1.165, 1.54) is 12.1 Å². The van der Waals surface area contributed by atoms with E-state index in [9.17, 15) is 13.2 Å². The fraction of sp³-hybridized carbons (Fsp3) is 0.250. The molecule has 1 saturated heterocycles. The topological polar surface area (TPSA) is 118 Å². The minimum atomic E-state index is -3.77. The molecule has 10 heteroatoms. The first kappa shape index (κ1) is 21.9. The van der Waals surface area contributed by atoms with Gasteiger partial charge >= 0.3 is 0 Å². The third-order valence-electron chi connectivity index (χ3n) is 4.94. The molecule has 0 spiro atoms. The molecule has 1 aromatic carbocycles. The SMILES string of the molecule is Cc1ccc2c(Nc3ccc(S(N)(=O)=O)cc3)c(C(=O)N3CCCC3)cnc2n1.Cl. The molecule has 3 N–H and O–H groups in total. The van der Waals surface area contributed by atoms with Crippen molar-refractivity contribution in [1.82, 2.24) is 14.9 Å². The Bertz CT molecular complexity index is 1190. The van der Waals surface area contributed by atoms with Gasteiger partial charge in [-0.2, -0.15) is 0 Å². The van der Waals surface area contributed by atoms with Gasteiger partial charge in [-0.05, 0) is 56.2 Å². The zero-order valence-electron chi connectivity index (χ0n) is 16.3. The smallest absolute Gasteiger partial charge is 0.257 e. The fourth-order valence-electron chi connectivity index (χ4n) is 3.43. The van der Waals surface area contributed by atoms with Gasteiger partial charge in [0.1, 0.15) is 0 Å². The molecular weight excluding hydrogens is 426 g/mol. The van der Waals surface area contributed by atoms with E-state index in [0.29, 0.717) is 22.6 Å². The first-order chi connectivity index (χ1) is 13.8. The van der Waals surface area contributed by atoms with Crippen LogP contribution in [-0.4, -0.2) is 42.3 Å². The summed E-state index contributed by atoms with van der Waals surface area (Å²) in [6.07, 6.45) is 3.53. The zero-order chi connectivity index (χ0) is 20.6. The van der Waals surface area contributed by atoms with Crippen LogP contribution in [0.2, 0.25) is 0 Å². The van der Waals surface area contributed by atoms with Gasteiger partial charge in [-0.1, -0.05) is 0 Å². The van der Waals surface area contributed by atoms with E-state index in [2.05, 4.69) is 15.3 Å². The Morgan fingerprint density at radius 3 is 2.40 bits per heavy atom. The summed E-state index contributed by atoms with van der Waals surface area (Å²) in [6.45, 7) is 3.33. The second-order valence-electron chi connectivity index (χ2n) is 7.06. The van der Waals surface area contributed by atoms with Crippen LogP contribution in [0.25, 0.3) is 11.0 Å². The first-order valence-corrected chi connectivity index (χ1v) is 10.8. The van der Waals surface area contributed by atoms with Gasteiger partial charge in [-0.25, -0.2) is 23.5 Å². The normalized spacial score (nSPS) is 13.9.